The van der Waals surface area contributed by atoms with Crippen molar-refractivity contribution in [3.05, 3.63) is 29.8 Å². The smallest absolute Gasteiger partial charge is 0.119 e. The molecule has 0 bridgehead atoms. The molecule has 2 nitrogen and oxygen atoms in total. The van der Waals surface area contributed by atoms with Crippen molar-refractivity contribution in [2.24, 2.45) is 5.41 Å². The number of hydrogen-bond donors (Lipinski definition) is 1. The summed E-state index contributed by atoms with van der Waals surface area (Å²) in [6.45, 7) is 11.0. The van der Waals surface area contributed by atoms with Gasteiger partial charge in [0.05, 0.1) is 6.10 Å². The molecule has 0 radical (unpaired) electrons. The van der Waals surface area contributed by atoms with Crippen molar-refractivity contribution in [3.8, 4) is 5.75 Å². The first-order chi connectivity index (χ1) is 8.82. The minimum absolute atomic E-state index is 0.231. The Morgan fingerprint density at radius 3 is 2.42 bits per heavy atom. The standard InChI is InChI=1S/C17H29NO/c1-13(2)19-15-9-7-8-14(12-15)10-11-16(18-6)17(3,4)5/h7-9,12-13,16,18H,10-11H2,1-6H3. The van der Waals surface area contributed by atoms with Crippen molar-refractivity contribution >= 4 is 0 Å². The van der Waals surface area contributed by atoms with Crippen molar-refractivity contribution in [3.63, 3.8) is 0 Å². The topological polar surface area (TPSA) is 21.3 Å². The lowest BCUT2D eigenvalue weighted by Crippen LogP contribution is -2.38. The number of aryl methyl sites for hydroxylation is 1. The van der Waals surface area contributed by atoms with Crippen LogP contribution in [0, 0.1) is 5.41 Å². The summed E-state index contributed by atoms with van der Waals surface area (Å²) in [4.78, 5) is 0. The van der Waals surface area contributed by atoms with Gasteiger partial charge in [0.15, 0.2) is 0 Å². The van der Waals surface area contributed by atoms with Gasteiger partial charge in [-0.1, -0.05) is 32.9 Å². The highest BCUT2D eigenvalue weighted by atomic mass is 16.5. The van der Waals surface area contributed by atoms with Crippen LogP contribution in [0.15, 0.2) is 24.3 Å². The Bertz CT molecular complexity index is 379. The van der Waals surface area contributed by atoms with Crippen LogP contribution in [0.1, 0.15) is 46.6 Å². The molecule has 1 N–H and O–H groups in total. The summed E-state index contributed by atoms with van der Waals surface area (Å²) < 4.78 is 5.74. The highest BCUT2D eigenvalue weighted by molar-refractivity contribution is 5.28. The monoisotopic (exact) mass is 263 g/mol. The van der Waals surface area contributed by atoms with E-state index >= 15 is 0 Å². The van der Waals surface area contributed by atoms with Gasteiger partial charge >= 0.3 is 0 Å². The van der Waals surface area contributed by atoms with Crippen molar-refractivity contribution in [1.82, 2.24) is 5.32 Å². The third-order valence-electron chi connectivity index (χ3n) is 3.39. The maximum atomic E-state index is 5.74. The first kappa shape index (κ1) is 16.0. The summed E-state index contributed by atoms with van der Waals surface area (Å²) in [6.07, 6.45) is 2.46. The van der Waals surface area contributed by atoms with Gasteiger partial charge in [0.25, 0.3) is 0 Å². The quantitative estimate of drug-likeness (QED) is 0.836. The molecule has 1 rings (SSSR count). The van der Waals surface area contributed by atoms with Gasteiger partial charge in [-0.25, -0.2) is 0 Å². The van der Waals surface area contributed by atoms with E-state index in [0.29, 0.717) is 11.5 Å². The molecule has 1 aromatic rings. The van der Waals surface area contributed by atoms with Crippen molar-refractivity contribution in [2.75, 3.05) is 7.05 Å². The molecule has 2 heteroatoms. The third-order valence-corrected chi connectivity index (χ3v) is 3.39. The lowest BCUT2D eigenvalue weighted by atomic mass is 9.83. The van der Waals surface area contributed by atoms with Gasteiger partial charge in [-0.2, -0.15) is 0 Å². The Morgan fingerprint density at radius 1 is 1.21 bits per heavy atom. The number of rotatable bonds is 6. The molecule has 1 unspecified atom stereocenters. The van der Waals surface area contributed by atoms with Crippen molar-refractivity contribution in [2.45, 2.75) is 59.6 Å². The summed E-state index contributed by atoms with van der Waals surface area (Å²) >= 11 is 0. The molecule has 0 spiro atoms. The van der Waals surface area contributed by atoms with Crippen LogP contribution in [0.5, 0.6) is 5.75 Å². The van der Waals surface area contributed by atoms with Crippen LogP contribution in [-0.2, 0) is 6.42 Å². The van der Waals surface area contributed by atoms with Gasteiger partial charge in [-0.15, -0.1) is 0 Å². The first-order valence-electron chi connectivity index (χ1n) is 7.26. The third kappa shape index (κ3) is 5.65. The van der Waals surface area contributed by atoms with E-state index in [1.54, 1.807) is 0 Å². The molecule has 0 aliphatic heterocycles. The van der Waals surface area contributed by atoms with Crippen LogP contribution in [0.4, 0.5) is 0 Å². The molecular weight excluding hydrogens is 234 g/mol. The molecule has 0 heterocycles. The Morgan fingerprint density at radius 2 is 1.89 bits per heavy atom. The molecule has 0 aliphatic carbocycles. The fourth-order valence-electron chi connectivity index (χ4n) is 2.37. The first-order valence-corrected chi connectivity index (χ1v) is 7.26. The van der Waals surface area contributed by atoms with Crippen LogP contribution < -0.4 is 10.1 Å². The van der Waals surface area contributed by atoms with Crippen LogP contribution in [-0.4, -0.2) is 19.2 Å². The van der Waals surface area contributed by atoms with E-state index in [1.165, 1.54) is 5.56 Å². The summed E-state index contributed by atoms with van der Waals surface area (Å²) in [7, 11) is 2.05. The predicted octanol–water partition coefficient (Wildman–Crippen LogP) is 4.04. The maximum absolute atomic E-state index is 5.74. The van der Waals surface area contributed by atoms with Gasteiger partial charge in [-0.3, -0.25) is 0 Å². The average Bonchev–Trinajstić information content (AvgIpc) is 2.27. The Kier molecular flexibility index (Phi) is 5.86. The fraction of sp³-hybridized carbons (Fsp3) is 0.647. The van der Waals surface area contributed by atoms with Gasteiger partial charge in [0.1, 0.15) is 5.75 Å². The molecule has 0 saturated heterocycles. The van der Waals surface area contributed by atoms with Gasteiger partial charge in [0, 0.05) is 6.04 Å². The zero-order chi connectivity index (χ0) is 14.5. The zero-order valence-electron chi connectivity index (χ0n) is 13.3. The molecule has 108 valence electrons. The zero-order valence-corrected chi connectivity index (χ0v) is 13.3. The lowest BCUT2D eigenvalue weighted by Gasteiger charge is -2.30. The number of benzene rings is 1. The van der Waals surface area contributed by atoms with E-state index in [2.05, 4.69) is 58.1 Å². The molecular formula is C17H29NO. The SMILES string of the molecule is CNC(CCc1cccc(OC(C)C)c1)C(C)(C)C. The highest BCUT2D eigenvalue weighted by Gasteiger charge is 2.22. The van der Waals surface area contributed by atoms with E-state index in [4.69, 9.17) is 4.74 Å². The van der Waals surface area contributed by atoms with Crippen LogP contribution in [0.25, 0.3) is 0 Å². The molecule has 0 aromatic heterocycles. The van der Waals surface area contributed by atoms with Gasteiger partial charge in [0.2, 0.25) is 0 Å². The van der Waals surface area contributed by atoms with E-state index in [-0.39, 0.29) is 6.10 Å². The number of hydrogen-bond acceptors (Lipinski definition) is 2. The summed E-state index contributed by atoms with van der Waals surface area (Å²) in [5, 5.41) is 3.43. The van der Waals surface area contributed by atoms with Crippen LogP contribution in [0.2, 0.25) is 0 Å². The molecule has 1 aromatic carbocycles. The van der Waals surface area contributed by atoms with Gasteiger partial charge in [-0.05, 0) is 56.8 Å². The second-order valence-electron chi connectivity index (χ2n) is 6.56. The maximum Gasteiger partial charge on any atom is 0.119 e. The molecule has 0 aliphatic rings. The van der Waals surface area contributed by atoms with Crippen LogP contribution >= 0.6 is 0 Å². The minimum atomic E-state index is 0.231. The van der Waals surface area contributed by atoms with Crippen LogP contribution in [0.3, 0.4) is 0 Å². The van der Waals surface area contributed by atoms with Crippen molar-refractivity contribution in [1.29, 1.82) is 0 Å². The Labute approximate surface area is 118 Å². The summed E-state index contributed by atoms with van der Waals surface area (Å²) in [5.74, 6) is 0.976. The molecule has 0 saturated carbocycles. The van der Waals surface area contributed by atoms with E-state index in [1.807, 2.05) is 13.1 Å². The molecule has 19 heavy (non-hydrogen) atoms. The van der Waals surface area contributed by atoms with E-state index in [9.17, 15) is 0 Å². The largest absolute Gasteiger partial charge is 0.491 e. The number of ether oxygens (including phenoxy) is 1. The van der Waals surface area contributed by atoms with Gasteiger partial charge < -0.3 is 10.1 Å². The van der Waals surface area contributed by atoms with Crippen molar-refractivity contribution < 1.29 is 4.74 Å². The average molecular weight is 263 g/mol. The normalized spacial score (nSPS) is 13.6. The summed E-state index contributed by atoms with van der Waals surface area (Å²) in [5.41, 5.74) is 1.64. The molecule has 0 amide bonds. The fourth-order valence-corrected chi connectivity index (χ4v) is 2.37. The highest BCUT2D eigenvalue weighted by Crippen LogP contribution is 2.24. The summed E-state index contributed by atoms with van der Waals surface area (Å²) in [6, 6.07) is 8.99. The number of nitrogens with one attached hydrogen (secondary N) is 1. The minimum Gasteiger partial charge on any atom is -0.491 e. The lowest BCUT2D eigenvalue weighted by molar-refractivity contribution is 0.242. The Balaban J connectivity index is 2.62. The molecule has 1 atom stereocenters. The predicted molar refractivity (Wildman–Crippen MR) is 82.8 cm³/mol. The second kappa shape index (κ2) is 6.95. The molecule has 0 fully saturated rings. The second-order valence-corrected chi connectivity index (χ2v) is 6.56. The van der Waals surface area contributed by atoms with E-state index < -0.39 is 0 Å². The van der Waals surface area contributed by atoms with E-state index in [0.717, 1.165) is 18.6 Å². The Hall–Kier alpha value is -1.02.